The van der Waals surface area contributed by atoms with Crippen molar-refractivity contribution >= 4 is 139 Å². The number of hydrogen-bond acceptors (Lipinski definition) is 7. The Hall–Kier alpha value is -3.66. The Morgan fingerprint density at radius 3 is 1.06 bits per heavy atom. The standard InChI is InChI=1S/C40H20S7/c1-5-23(33-19-39-29(43-33)9-11-41-39)6-2-21(1)31-15-25-13-27-28-14-26-16-32(46-36(26)18-38(28)47-37(27)17-35(25)45-31)22-3-7-24(8-4-22)34-20-40-30(44-34)10-12-42-40/h1-20H. The van der Waals surface area contributed by atoms with Crippen LogP contribution < -0.4 is 0 Å². The fourth-order valence-corrected chi connectivity index (χ4v) is 14.2. The third-order valence-corrected chi connectivity index (χ3v) is 16.6. The second-order valence-corrected chi connectivity index (χ2v) is 19.1. The first-order valence-electron chi connectivity index (χ1n) is 15.2. The quantitative estimate of drug-likeness (QED) is 0.170. The molecule has 47 heavy (non-hydrogen) atoms. The molecule has 7 heterocycles. The average Bonchev–Trinajstić information content (AvgIpc) is 3.93. The van der Waals surface area contributed by atoms with Crippen molar-refractivity contribution in [2.24, 2.45) is 0 Å². The maximum Gasteiger partial charge on any atom is 0.0457 e. The van der Waals surface area contributed by atoms with Gasteiger partial charge < -0.3 is 0 Å². The van der Waals surface area contributed by atoms with E-state index in [0.717, 1.165) is 0 Å². The van der Waals surface area contributed by atoms with Gasteiger partial charge in [0.1, 0.15) is 0 Å². The van der Waals surface area contributed by atoms with Crippen LogP contribution in [-0.2, 0) is 0 Å². The lowest BCUT2D eigenvalue weighted by atomic mass is 10.1. The van der Waals surface area contributed by atoms with Gasteiger partial charge in [0.2, 0.25) is 0 Å². The van der Waals surface area contributed by atoms with Crippen molar-refractivity contribution in [1.29, 1.82) is 0 Å². The minimum absolute atomic E-state index is 1.29. The van der Waals surface area contributed by atoms with Crippen LogP contribution in [0.15, 0.2) is 120 Å². The highest BCUT2D eigenvalue weighted by molar-refractivity contribution is 7.29. The molecule has 0 amide bonds. The van der Waals surface area contributed by atoms with Crippen LogP contribution in [0.5, 0.6) is 0 Å². The van der Waals surface area contributed by atoms with E-state index in [-0.39, 0.29) is 0 Å². The Labute approximate surface area is 297 Å². The van der Waals surface area contributed by atoms with Crippen molar-refractivity contribution in [3.05, 3.63) is 120 Å². The van der Waals surface area contributed by atoms with Gasteiger partial charge in [-0.15, -0.1) is 79.4 Å². The van der Waals surface area contributed by atoms with Gasteiger partial charge in [0.15, 0.2) is 0 Å². The van der Waals surface area contributed by atoms with Gasteiger partial charge in [0.25, 0.3) is 0 Å². The molecule has 0 unspecified atom stereocenters. The average molecular weight is 725 g/mol. The summed E-state index contributed by atoms with van der Waals surface area (Å²) in [5, 5.41) is 9.74. The molecule has 0 bridgehead atoms. The lowest BCUT2D eigenvalue weighted by Gasteiger charge is -2.00. The summed E-state index contributed by atoms with van der Waals surface area (Å²) in [5.41, 5.74) is 5.18. The first-order chi connectivity index (χ1) is 23.2. The Morgan fingerprint density at radius 2 is 0.660 bits per heavy atom. The molecule has 0 fully saturated rings. The van der Waals surface area contributed by atoms with Crippen LogP contribution in [0.25, 0.3) is 101 Å². The van der Waals surface area contributed by atoms with E-state index >= 15 is 0 Å². The molecule has 0 N–H and O–H groups in total. The van der Waals surface area contributed by atoms with Gasteiger partial charge in [0, 0.05) is 67.9 Å². The number of rotatable bonds is 4. The molecule has 0 saturated heterocycles. The van der Waals surface area contributed by atoms with E-state index < -0.39 is 0 Å². The molecular formula is C40H20S7. The summed E-state index contributed by atoms with van der Waals surface area (Å²) >= 11 is 13.1. The summed E-state index contributed by atoms with van der Waals surface area (Å²) in [5.74, 6) is 0. The molecule has 0 aliphatic carbocycles. The summed E-state index contributed by atoms with van der Waals surface area (Å²) in [7, 11) is 0. The Kier molecular flexibility index (Phi) is 6.05. The topological polar surface area (TPSA) is 0 Å². The third kappa shape index (κ3) is 4.46. The summed E-state index contributed by atoms with van der Waals surface area (Å²) in [6.45, 7) is 0. The highest BCUT2D eigenvalue weighted by Crippen LogP contribution is 2.45. The van der Waals surface area contributed by atoms with Gasteiger partial charge in [-0.3, -0.25) is 0 Å². The van der Waals surface area contributed by atoms with E-state index in [2.05, 4.69) is 120 Å². The van der Waals surface area contributed by atoms with Crippen LogP contribution in [-0.4, -0.2) is 0 Å². The van der Waals surface area contributed by atoms with E-state index in [0.29, 0.717) is 0 Å². The lowest BCUT2D eigenvalue weighted by molar-refractivity contribution is 1.69. The van der Waals surface area contributed by atoms with Crippen molar-refractivity contribution in [1.82, 2.24) is 0 Å². The van der Waals surface area contributed by atoms with Gasteiger partial charge in [0.05, 0.1) is 0 Å². The van der Waals surface area contributed by atoms with Gasteiger partial charge in [-0.05, 0) is 104 Å². The molecule has 0 aliphatic rings. The molecule has 0 atom stereocenters. The Bertz CT molecular complexity index is 2690. The maximum absolute atomic E-state index is 2.42. The number of thiophene rings is 7. The zero-order valence-electron chi connectivity index (χ0n) is 24.4. The van der Waals surface area contributed by atoms with Gasteiger partial charge in [-0.1, -0.05) is 48.5 Å². The highest BCUT2D eigenvalue weighted by atomic mass is 32.1. The summed E-state index contributed by atoms with van der Waals surface area (Å²) in [6, 6.07) is 41.8. The van der Waals surface area contributed by atoms with Crippen molar-refractivity contribution in [3.63, 3.8) is 0 Å². The van der Waals surface area contributed by atoms with E-state index in [1.54, 1.807) is 0 Å². The molecular weight excluding hydrogens is 705 g/mol. The molecule has 7 aromatic heterocycles. The number of hydrogen-bond donors (Lipinski definition) is 0. The maximum atomic E-state index is 2.42. The fraction of sp³-hybridized carbons (Fsp3) is 0. The molecule has 0 spiro atoms. The van der Waals surface area contributed by atoms with E-state index in [1.807, 2.05) is 79.4 Å². The van der Waals surface area contributed by atoms with Crippen molar-refractivity contribution < 1.29 is 0 Å². The summed E-state index contributed by atoms with van der Waals surface area (Å²) in [4.78, 5) is 5.35. The molecule has 0 nitrogen and oxygen atoms in total. The van der Waals surface area contributed by atoms with Crippen molar-refractivity contribution in [2.45, 2.75) is 0 Å². The van der Waals surface area contributed by atoms with Crippen LogP contribution in [0.2, 0.25) is 0 Å². The van der Waals surface area contributed by atoms with Gasteiger partial charge in [-0.2, -0.15) is 0 Å². The predicted octanol–water partition coefficient (Wildman–Crippen LogP) is 15.7. The largest absolute Gasteiger partial charge is 0.143 e. The third-order valence-electron chi connectivity index (χ3n) is 8.93. The van der Waals surface area contributed by atoms with Crippen LogP contribution in [0.1, 0.15) is 0 Å². The molecule has 7 heteroatoms. The zero-order valence-corrected chi connectivity index (χ0v) is 30.1. The molecule has 0 aliphatic heterocycles. The lowest BCUT2D eigenvalue weighted by Crippen LogP contribution is -1.74. The Balaban J connectivity index is 0.922. The normalized spacial score (nSPS) is 12.3. The summed E-state index contributed by atoms with van der Waals surface area (Å²) < 4.78 is 11.0. The van der Waals surface area contributed by atoms with Crippen molar-refractivity contribution in [3.8, 4) is 41.8 Å². The Morgan fingerprint density at radius 1 is 0.277 bits per heavy atom. The summed E-state index contributed by atoms with van der Waals surface area (Å²) in [6.07, 6.45) is 0. The molecule has 11 rings (SSSR count). The molecule has 222 valence electrons. The molecule has 0 radical (unpaired) electrons. The second kappa shape index (κ2) is 10.4. The van der Waals surface area contributed by atoms with E-state index in [9.17, 15) is 0 Å². The minimum Gasteiger partial charge on any atom is -0.143 e. The predicted molar refractivity (Wildman–Crippen MR) is 218 cm³/mol. The minimum atomic E-state index is 1.29. The molecule has 0 saturated carbocycles. The second-order valence-electron chi connectivity index (χ2n) is 11.8. The first kappa shape index (κ1) is 27.3. The fourth-order valence-electron chi connectivity index (χ4n) is 6.54. The number of fused-ring (bicyclic) bond motifs is 7. The van der Waals surface area contributed by atoms with Gasteiger partial charge in [-0.25, -0.2) is 0 Å². The van der Waals surface area contributed by atoms with Crippen LogP contribution >= 0.6 is 79.4 Å². The van der Waals surface area contributed by atoms with E-state index in [1.165, 1.54) is 101 Å². The highest BCUT2D eigenvalue weighted by Gasteiger charge is 2.14. The number of benzene rings is 4. The van der Waals surface area contributed by atoms with E-state index in [4.69, 9.17) is 0 Å². The zero-order chi connectivity index (χ0) is 30.6. The first-order valence-corrected chi connectivity index (χ1v) is 21.0. The smallest absolute Gasteiger partial charge is 0.0457 e. The van der Waals surface area contributed by atoms with Gasteiger partial charge >= 0.3 is 0 Å². The van der Waals surface area contributed by atoms with Crippen LogP contribution in [0, 0.1) is 0 Å². The molecule has 4 aromatic carbocycles. The monoisotopic (exact) mass is 724 g/mol. The molecule has 11 aromatic rings. The SMILES string of the molecule is c1cc2sc(-c3ccc(-c4cc5cc6c(cc5s4)sc4cc5sc(-c7ccc(-c8cc9sccc9s8)cc7)cc5cc46)cc3)cc2s1. The van der Waals surface area contributed by atoms with Crippen LogP contribution in [0.3, 0.4) is 0 Å². The van der Waals surface area contributed by atoms with Crippen molar-refractivity contribution in [2.75, 3.05) is 0 Å². The van der Waals surface area contributed by atoms with Crippen LogP contribution in [0.4, 0.5) is 0 Å².